The number of aromatic nitrogens is 6. The lowest BCUT2D eigenvalue weighted by Gasteiger charge is -2.33. The molecule has 0 saturated heterocycles. The molecule has 0 aliphatic heterocycles. The standard InChI is InChI=1S/C18H14F2N6OS/c19-18(20)6-15(7-18)28(27)14-5-12-8-24-26(17(12)21-9-14)13-3-1-2-11(4-13)16-22-10-23-25-16/h1-5,8-10,15H,6-7H2,(H,22,23,25). The number of nitrogens with one attached hydrogen (secondary N) is 1. The number of benzene rings is 1. The Morgan fingerprint density at radius 2 is 2.04 bits per heavy atom. The van der Waals surface area contributed by atoms with Crippen molar-refractivity contribution in [3.63, 3.8) is 0 Å². The van der Waals surface area contributed by atoms with Crippen molar-refractivity contribution in [3.8, 4) is 17.1 Å². The Kier molecular flexibility index (Phi) is 3.83. The molecule has 0 bridgehead atoms. The van der Waals surface area contributed by atoms with Gasteiger partial charge in [-0.3, -0.25) is 9.31 Å². The summed E-state index contributed by atoms with van der Waals surface area (Å²) < 4.78 is 40.3. The molecule has 1 saturated carbocycles. The van der Waals surface area contributed by atoms with Gasteiger partial charge >= 0.3 is 0 Å². The second-order valence-electron chi connectivity index (χ2n) is 6.71. The number of fused-ring (bicyclic) bond motifs is 1. The SMILES string of the molecule is O=S(c1cnc2c(cnn2-c2cccc(-c3ncn[nH]3)c2)c1)C1CC(F)(F)C1. The van der Waals surface area contributed by atoms with Crippen LogP contribution in [0.25, 0.3) is 28.1 Å². The second-order valence-corrected chi connectivity index (χ2v) is 8.44. The Bertz CT molecular complexity index is 1180. The zero-order valence-corrected chi connectivity index (χ0v) is 15.2. The Balaban J connectivity index is 1.48. The van der Waals surface area contributed by atoms with E-state index in [1.54, 1.807) is 16.9 Å². The van der Waals surface area contributed by atoms with Crippen LogP contribution in [-0.4, -0.2) is 45.3 Å². The van der Waals surface area contributed by atoms with Crippen LogP contribution < -0.4 is 0 Å². The first-order chi connectivity index (χ1) is 13.5. The highest BCUT2D eigenvalue weighted by atomic mass is 32.2. The number of H-pyrrole nitrogens is 1. The minimum atomic E-state index is -2.70. The first kappa shape index (κ1) is 17.1. The molecule has 5 rings (SSSR count). The molecule has 0 radical (unpaired) electrons. The number of rotatable bonds is 4. The monoisotopic (exact) mass is 400 g/mol. The minimum Gasteiger partial charge on any atom is -0.259 e. The quantitative estimate of drug-likeness (QED) is 0.569. The normalized spacial score (nSPS) is 17.5. The third kappa shape index (κ3) is 2.89. The van der Waals surface area contributed by atoms with Crippen LogP contribution in [0.15, 0.2) is 53.9 Å². The van der Waals surface area contributed by atoms with E-state index in [1.165, 1.54) is 12.5 Å². The van der Waals surface area contributed by atoms with Crippen molar-refractivity contribution < 1.29 is 13.0 Å². The van der Waals surface area contributed by atoms with Crippen LogP contribution in [0.3, 0.4) is 0 Å². The Morgan fingerprint density at radius 1 is 1.18 bits per heavy atom. The summed E-state index contributed by atoms with van der Waals surface area (Å²) in [4.78, 5) is 8.98. The molecule has 7 nitrogen and oxygen atoms in total. The van der Waals surface area contributed by atoms with E-state index in [9.17, 15) is 13.0 Å². The van der Waals surface area contributed by atoms with Crippen molar-refractivity contribution >= 4 is 21.8 Å². The first-order valence-electron chi connectivity index (χ1n) is 8.58. The van der Waals surface area contributed by atoms with Crippen molar-refractivity contribution in [3.05, 3.63) is 49.1 Å². The van der Waals surface area contributed by atoms with E-state index >= 15 is 0 Å². The fourth-order valence-electron chi connectivity index (χ4n) is 3.28. The predicted molar refractivity (Wildman–Crippen MR) is 98.6 cm³/mol. The van der Waals surface area contributed by atoms with Crippen LogP contribution in [0, 0.1) is 0 Å². The van der Waals surface area contributed by atoms with Crippen molar-refractivity contribution in [2.24, 2.45) is 0 Å². The zero-order chi connectivity index (χ0) is 19.3. The molecule has 0 amide bonds. The largest absolute Gasteiger partial charge is 0.259 e. The Morgan fingerprint density at radius 3 is 2.79 bits per heavy atom. The molecule has 3 heterocycles. The molecule has 1 atom stereocenters. The average Bonchev–Trinajstić information content (AvgIpc) is 3.35. The lowest BCUT2D eigenvalue weighted by Crippen LogP contribution is -2.42. The van der Waals surface area contributed by atoms with Crippen molar-refractivity contribution in [2.75, 3.05) is 0 Å². The fraction of sp³-hybridized carbons (Fsp3) is 0.222. The van der Waals surface area contributed by atoms with E-state index in [4.69, 9.17) is 0 Å². The molecule has 1 aliphatic carbocycles. The van der Waals surface area contributed by atoms with E-state index in [1.807, 2.05) is 24.3 Å². The van der Waals surface area contributed by atoms with E-state index in [2.05, 4.69) is 25.3 Å². The molecule has 0 spiro atoms. The topological polar surface area (TPSA) is 89.3 Å². The summed E-state index contributed by atoms with van der Waals surface area (Å²) in [5, 5.41) is 11.2. The van der Waals surface area contributed by atoms with E-state index in [-0.39, 0.29) is 12.8 Å². The maximum atomic E-state index is 13.1. The zero-order valence-electron chi connectivity index (χ0n) is 14.4. The summed E-state index contributed by atoms with van der Waals surface area (Å²) in [5.41, 5.74) is 2.22. The van der Waals surface area contributed by atoms with Crippen LogP contribution in [0.2, 0.25) is 0 Å². The van der Waals surface area contributed by atoms with Crippen molar-refractivity contribution in [1.82, 2.24) is 29.9 Å². The van der Waals surface area contributed by atoms with Gasteiger partial charge in [-0.05, 0) is 18.2 Å². The maximum absolute atomic E-state index is 13.1. The van der Waals surface area contributed by atoms with E-state index < -0.39 is 22.0 Å². The van der Waals surface area contributed by atoms with Crippen LogP contribution in [0.1, 0.15) is 12.8 Å². The molecule has 28 heavy (non-hydrogen) atoms. The molecule has 1 aliphatic rings. The van der Waals surface area contributed by atoms with Crippen LogP contribution >= 0.6 is 0 Å². The molecular formula is C18H14F2N6OS. The van der Waals surface area contributed by atoms with E-state index in [0.717, 1.165) is 11.3 Å². The number of nitrogens with zero attached hydrogens (tertiary/aromatic N) is 5. The van der Waals surface area contributed by atoms with Crippen LogP contribution in [-0.2, 0) is 10.8 Å². The highest BCUT2D eigenvalue weighted by Crippen LogP contribution is 2.42. The van der Waals surface area contributed by atoms with Gasteiger partial charge in [0.2, 0.25) is 0 Å². The van der Waals surface area contributed by atoms with Gasteiger partial charge < -0.3 is 0 Å². The van der Waals surface area contributed by atoms with Gasteiger partial charge in [0.05, 0.1) is 32.8 Å². The molecule has 142 valence electrons. The molecule has 10 heteroatoms. The summed E-state index contributed by atoms with van der Waals surface area (Å²) in [6.45, 7) is 0. The molecular weight excluding hydrogens is 386 g/mol. The number of aromatic amines is 1. The van der Waals surface area contributed by atoms with Crippen LogP contribution in [0.5, 0.6) is 0 Å². The van der Waals surface area contributed by atoms with Crippen molar-refractivity contribution in [2.45, 2.75) is 28.9 Å². The van der Waals surface area contributed by atoms with Gasteiger partial charge in [-0.25, -0.2) is 23.4 Å². The van der Waals surface area contributed by atoms with Gasteiger partial charge in [0, 0.05) is 30.0 Å². The van der Waals surface area contributed by atoms with Gasteiger partial charge in [0.1, 0.15) is 6.33 Å². The fourth-order valence-corrected chi connectivity index (χ4v) is 4.85. The molecule has 1 fully saturated rings. The maximum Gasteiger partial charge on any atom is 0.250 e. The van der Waals surface area contributed by atoms with Gasteiger partial charge in [-0.1, -0.05) is 12.1 Å². The van der Waals surface area contributed by atoms with Gasteiger partial charge in [0.15, 0.2) is 11.5 Å². The predicted octanol–water partition coefficient (Wildman–Crippen LogP) is 3.11. The summed E-state index contributed by atoms with van der Waals surface area (Å²) in [6.07, 6.45) is 3.86. The highest BCUT2D eigenvalue weighted by Gasteiger charge is 2.48. The number of hydrogen-bond acceptors (Lipinski definition) is 5. The molecule has 1 N–H and O–H groups in total. The van der Waals surface area contributed by atoms with Crippen molar-refractivity contribution in [1.29, 1.82) is 0 Å². The number of pyridine rings is 1. The summed E-state index contributed by atoms with van der Waals surface area (Å²) >= 11 is 0. The van der Waals surface area contributed by atoms with Gasteiger partial charge in [-0.2, -0.15) is 10.2 Å². The molecule has 3 aromatic heterocycles. The first-order valence-corrected chi connectivity index (χ1v) is 9.80. The number of hydrogen-bond donors (Lipinski definition) is 1. The lowest BCUT2D eigenvalue weighted by atomic mass is 9.94. The summed E-state index contributed by atoms with van der Waals surface area (Å²) in [6, 6.07) is 9.27. The minimum absolute atomic E-state index is 0.342. The summed E-state index contributed by atoms with van der Waals surface area (Å²) in [7, 11) is -1.50. The summed E-state index contributed by atoms with van der Waals surface area (Å²) in [5.74, 6) is -2.06. The smallest absolute Gasteiger partial charge is 0.250 e. The van der Waals surface area contributed by atoms with E-state index in [0.29, 0.717) is 21.8 Å². The lowest BCUT2D eigenvalue weighted by molar-refractivity contribution is -0.0676. The second kappa shape index (κ2) is 6.26. The number of halogens is 2. The van der Waals surface area contributed by atoms with Gasteiger partial charge in [0.25, 0.3) is 5.92 Å². The molecule has 1 aromatic carbocycles. The third-order valence-corrected chi connectivity index (χ3v) is 6.38. The Hall–Kier alpha value is -3.01. The molecule has 4 aromatic rings. The third-order valence-electron chi connectivity index (χ3n) is 4.75. The van der Waals surface area contributed by atoms with Gasteiger partial charge in [-0.15, -0.1) is 0 Å². The number of alkyl halides is 2. The highest BCUT2D eigenvalue weighted by molar-refractivity contribution is 7.85. The Labute approximate surface area is 160 Å². The average molecular weight is 400 g/mol. The molecule has 1 unspecified atom stereocenters. The van der Waals surface area contributed by atoms with Crippen LogP contribution in [0.4, 0.5) is 8.78 Å².